The fourth-order valence-electron chi connectivity index (χ4n) is 1.18. The molecule has 5 heteroatoms. The number of carbonyl (C=O) groups excluding carboxylic acids is 1. The molecule has 0 saturated heterocycles. The minimum absolute atomic E-state index is 0.167. The molecule has 0 bridgehead atoms. The van der Waals surface area contributed by atoms with E-state index in [4.69, 9.17) is 0 Å². The Hall–Kier alpha value is -0.970. The smallest absolute Gasteiger partial charge is 0.267 e. The third-order valence-electron chi connectivity index (χ3n) is 1.96. The second-order valence-electron chi connectivity index (χ2n) is 3.06. The molecule has 82 valence electrons. The molecular formula is C10H9BrF2O2. The Morgan fingerprint density at radius 1 is 1.40 bits per heavy atom. The van der Waals surface area contributed by atoms with Crippen molar-refractivity contribution in [3.05, 3.63) is 29.3 Å². The standard InChI is InChI=1S/C10H9BrF2O2/c1-5(14)8(11)6-3-2-4-7(9(6)15)10(12)13/h2-4,8,10,15H,1H3. The van der Waals surface area contributed by atoms with Gasteiger partial charge in [-0.25, -0.2) is 8.78 Å². The molecule has 0 fully saturated rings. The highest BCUT2D eigenvalue weighted by Gasteiger charge is 2.21. The molecule has 2 nitrogen and oxygen atoms in total. The number of aromatic hydroxyl groups is 1. The average molecular weight is 279 g/mol. The molecular weight excluding hydrogens is 270 g/mol. The second kappa shape index (κ2) is 4.70. The fourth-order valence-corrected chi connectivity index (χ4v) is 1.55. The van der Waals surface area contributed by atoms with Gasteiger partial charge in [0.15, 0.2) is 0 Å². The Balaban J connectivity index is 3.21. The lowest BCUT2D eigenvalue weighted by molar-refractivity contribution is -0.116. The van der Waals surface area contributed by atoms with Gasteiger partial charge in [0, 0.05) is 5.56 Å². The predicted molar refractivity (Wildman–Crippen MR) is 55.4 cm³/mol. The summed E-state index contributed by atoms with van der Waals surface area (Å²) in [6, 6.07) is 3.94. The van der Waals surface area contributed by atoms with Gasteiger partial charge in [0.2, 0.25) is 0 Å². The van der Waals surface area contributed by atoms with Crippen LogP contribution in [0.15, 0.2) is 18.2 Å². The van der Waals surface area contributed by atoms with E-state index in [0.29, 0.717) is 0 Å². The van der Waals surface area contributed by atoms with E-state index in [1.54, 1.807) is 0 Å². The number of halogens is 3. The van der Waals surface area contributed by atoms with Crippen LogP contribution in [0, 0.1) is 0 Å². The third-order valence-corrected chi connectivity index (χ3v) is 3.10. The lowest BCUT2D eigenvalue weighted by Crippen LogP contribution is -2.02. The number of phenols is 1. The zero-order chi connectivity index (χ0) is 11.6. The molecule has 1 aromatic carbocycles. The Kier molecular flexibility index (Phi) is 3.79. The first kappa shape index (κ1) is 12.1. The van der Waals surface area contributed by atoms with Crippen LogP contribution in [-0.2, 0) is 4.79 Å². The van der Waals surface area contributed by atoms with Crippen LogP contribution in [0.4, 0.5) is 8.78 Å². The number of para-hydroxylation sites is 1. The van der Waals surface area contributed by atoms with E-state index in [9.17, 15) is 18.7 Å². The lowest BCUT2D eigenvalue weighted by Gasteiger charge is -2.11. The maximum absolute atomic E-state index is 12.4. The van der Waals surface area contributed by atoms with Crippen molar-refractivity contribution in [2.75, 3.05) is 0 Å². The summed E-state index contributed by atoms with van der Waals surface area (Å²) in [6.07, 6.45) is -2.75. The van der Waals surface area contributed by atoms with Crippen molar-refractivity contribution in [1.82, 2.24) is 0 Å². The summed E-state index contributed by atoms with van der Waals surface area (Å²) < 4.78 is 24.8. The number of hydrogen-bond acceptors (Lipinski definition) is 2. The molecule has 0 aliphatic heterocycles. The number of benzene rings is 1. The maximum atomic E-state index is 12.4. The SMILES string of the molecule is CC(=O)C(Br)c1cccc(C(F)F)c1O. The molecule has 0 aliphatic carbocycles. The molecule has 1 N–H and O–H groups in total. The van der Waals surface area contributed by atoms with Gasteiger partial charge in [0.25, 0.3) is 6.43 Å². The molecule has 0 radical (unpaired) electrons. The summed E-state index contributed by atoms with van der Waals surface area (Å²) in [6.45, 7) is 1.31. The quantitative estimate of drug-likeness (QED) is 0.861. The van der Waals surface area contributed by atoms with Crippen LogP contribution in [0.1, 0.15) is 29.3 Å². The first-order valence-corrected chi connectivity index (χ1v) is 5.11. The minimum atomic E-state index is -2.75. The monoisotopic (exact) mass is 278 g/mol. The first-order valence-electron chi connectivity index (χ1n) is 4.19. The largest absolute Gasteiger partial charge is 0.507 e. The molecule has 0 spiro atoms. The minimum Gasteiger partial charge on any atom is -0.507 e. The number of Topliss-reactive ketones (excluding diaryl/α,β-unsaturated/α-hetero) is 1. The van der Waals surface area contributed by atoms with E-state index in [2.05, 4.69) is 15.9 Å². The fraction of sp³-hybridized carbons (Fsp3) is 0.300. The lowest BCUT2D eigenvalue weighted by atomic mass is 10.0. The van der Waals surface area contributed by atoms with Gasteiger partial charge >= 0.3 is 0 Å². The van der Waals surface area contributed by atoms with Crippen molar-refractivity contribution < 1.29 is 18.7 Å². The molecule has 1 aromatic rings. The van der Waals surface area contributed by atoms with Gasteiger partial charge in [-0.15, -0.1) is 0 Å². The van der Waals surface area contributed by atoms with Crippen molar-refractivity contribution >= 4 is 21.7 Å². The molecule has 0 amide bonds. The molecule has 1 atom stereocenters. The molecule has 0 heterocycles. The Morgan fingerprint density at radius 3 is 2.40 bits per heavy atom. The first-order chi connectivity index (χ1) is 6.95. The summed E-state index contributed by atoms with van der Waals surface area (Å²) in [5, 5.41) is 9.52. The van der Waals surface area contributed by atoms with Crippen molar-refractivity contribution in [1.29, 1.82) is 0 Å². The molecule has 1 unspecified atom stereocenters. The third kappa shape index (κ3) is 2.53. The number of carbonyl (C=O) groups is 1. The van der Waals surface area contributed by atoms with Crippen LogP contribution < -0.4 is 0 Å². The highest BCUT2D eigenvalue weighted by atomic mass is 79.9. The van der Waals surface area contributed by atoms with E-state index in [0.717, 1.165) is 6.07 Å². The van der Waals surface area contributed by atoms with Gasteiger partial charge in [-0.1, -0.05) is 28.1 Å². The number of phenolic OH excluding ortho intramolecular Hbond substituents is 1. The topological polar surface area (TPSA) is 37.3 Å². The Bertz CT molecular complexity index is 380. The van der Waals surface area contributed by atoms with Gasteiger partial charge in [-0.2, -0.15) is 0 Å². The molecule has 1 rings (SSSR count). The van der Waals surface area contributed by atoms with Crippen LogP contribution in [-0.4, -0.2) is 10.9 Å². The Labute approximate surface area is 94.0 Å². The molecule has 15 heavy (non-hydrogen) atoms. The summed E-state index contributed by atoms with van der Waals surface area (Å²) >= 11 is 3.03. The zero-order valence-electron chi connectivity index (χ0n) is 7.88. The van der Waals surface area contributed by atoms with Crippen LogP contribution in [0.2, 0.25) is 0 Å². The van der Waals surface area contributed by atoms with Crippen LogP contribution >= 0.6 is 15.9 Å². The van der Waals surface area contributed by atoms with Gasteiger partial charge in [-0.05, 0) is 13.0 Å². The number of ketones is 1. The highest BCUT2D eigenvalue weighted by molar-refractivity contribution is 9.09. The van der Waals surface area contributed by atoms with E-state index < -0.39 is 22.6 Å². The molecule has 0 aliphatic rings. The molecule has 0 saturated carbocycles. The Morgan fingerprint density at radius 2 is 1.93 bits per heavy atom. The highest BCUT2D eigenvalue weighted by Crippen LogP contribution is 2.37. The van der Waals surface area contributed by atoms with Crippen LogP contribution in [0.25, 0.3) is 0 Å². The van der Waals surface area contributed by atoms with Gasteiger partial charge in [0.1, 0.15) is 16.4 Å². The van der Waals surface area contributed by atoms with E-state index in [1.807, 2.05) is 0 Å². The predicted octanol–water partition coefficient (Wildman–Crippen LogP) is 3.35. The van der Waals surface area contributed by atoms with Gasteiger partial charge in [-0.3, -0.25) is 4.79 Å². The van der Waals surface area contributed by atoms with Gasteiger partial charge < -0.3 is 5.11 Å². The van der Waals surface area contributed by atoms with Gasteiger partial charge in [0.05, 0.1) is 5.56 Å². The average Bonchev–Trinajstić information content (AvgIpc) is 2.16. The second-order valence-corrected chi connectivity index (χ2v) is 3.97. The van der Waals surface area contributed by atoms with Crippen LogP contribution in [0.5, 0.6) is 5.75 Å². The summed E-state index contributed by atoms with van der Waals surface area (Å²) in [5.74, 6) is -0.777. The van der Waals surface area contributed by atoms with Crippen LogP contribution in [0.3, 0.4) is 0 Å². The van der Waals surface area contributed by atoms with Crippen molar-refractivity contribution in [3.8, 4) is 5.75 Å². The summed E-state index contributed by atoms with van der Waals surface area (Å²) in [5.41, 5.74) is -0.293. The van der Waals surface area contributed by atoms with E-state index in [-0.39, 0.29) is 11.3 Å². The van der Waals surface area contributed by atoms with Crippen molar-refractivity contribution in [2.45, 2.75) is 18.2 Å². The van der Waals surface area contributed by atoms with Crippen molar-refractivity contribution in [3.63, 3.8) is 0 Å². The summed E-state index contributed by atoms with van der Waals surface area (Å²) in [4.78, 5) is 10.3. The molecule has 0 aromatic heterocycles. The zero-order valence-corrected chi connectivity index (χ0v) is 9.46. The maximum Gasteiger partial charge on any atom is 0.267 e. The van der Waals surface area contributed by atoms with E-state index >= 15 is 0 Å². The number of alkyl halides is 3. The summed E-state index contributed by atoms with van der Waals surface area (Å²) in [7, 11) is 0. The number of hydrogen-bond donors (Lipinski definition) is 1. The van der Waals surface area contributed by atoms with Crippen molar-refractivity contribution in [2.24, 2.45) is 0 Å². The normalized spacial score (nSPS) is 12.9. The number of rotatable bonds is 3. The van der Waals surface area contributed by atoms with E-state index in [1.165, 1.54) is 19.1 Å².